The van der Waals surface area contributed by atoms with Gasteiger partial charge in [0.15, 0.2) is 0 Å². The Bertz CT molecular complexity index is 796. The minimum atomic E-state index is -0.0462. The van der Waals surface area contributed by atoms with E-state index < -0.39 is 0 Å². The van der Waals surface area contributed by atoms with Crippen molar-refractivity contribution in [3.05, 3.63) is 84.0 Å². The van der Waals surface area contributed by atoms with Crippen LogP contribution in [0.5, 0.6) is 0 Å². The van der Waals surface area contributed by atoms with E-state index >= 15 is 0 Å². The molecule has 1 aliphatic rings. The highest BCUT2D eigenvalue weighted by Crippen LogP contribution is 2.39. The number of nitrogens with zero attached hydrogens (tertiary/aromatic N) is 2. The average Bonchev–Trinajstić information content (AvgIpc) is 2.77. The quantitative estimate of drug-likeness (QED) is 0.550. The number of allylic oxidation sites excluding steroid dienone is 2. The van der Waals surface area contributed by atoms with Crippen LogP contribution in [0.2, 0.25) is 0 Å². The van der Waals surface area contributed by atoms with E-state index in [1.807, 2.05) is 0 Å². The van der Waals surface area contributed by atoms with Gasteiger partial charge >= 0.3 is 0 Å². The second kappa shape index (κ2) is 9.25. The summed E-state index contributed by atoms with van der Waals surface area (Å²) in [5.41, 5.74) is 5.26. The van der Waals surface area contributed by atoms with Crippen molar-refractivity contribution >= 4 is 11.3 Å². The van der Waals surface area contributed by atoms with Gasteiger partial charge in [-0.1, -0.05) is 74.5 Å². The standard InChI is InChI=1S/C26H34N2/c1-5-27(6-2)25-16-14-22(15-17-25)23-18-20-26(21-19-23,28(7-3)8-4)24-12-10-9-11-13-24/h9-20H,5-8,21H2,1-4H3. The van der Waals surface area contributed by atoms with Gasteiger partial charge in [-0.2, -0.15) is 0 Å². The van der Waals surface area contributed by atoms with Crippen LogP contribution < -0.4 is 4.90 Å². The van der Waals surface area contributed by atoms with Crippen molar-refractivity contribution in [3.8, 4) is 0 Å². The summed E-state index contributed by atoms with van der Waals surface area (Å²) in [5, 5.41) is 0. The van der Waals surface area contributed by atoms with Crippen LogP contribution in [0.25, 0.3) is 5.57 Å². The zero-order chi connectivity index (χ0) is 20.0. The Morgan fingerprint density at radius 1 is 0.786 bits per heavy atom. The van der Waals surface area contributed by atoms with Crippen LogP contribution >= 0.6 is 0 Å². The van der Waals surface area contributed by atoms with Gasteiger partial charge in [-0.15, -0.1) is 0 Å². The molecule has 3 rings (SSSR count). The third-order valence-corrected chi connectivity index (χ3v) is 6.10. The molecule has 0 fully saturated rings. The Morgan fingerprint density at radius 2 is 1.43 bits per heavy atom. The third kappa shape index (κ3) is 3.93. The second-order valence-corrected chi connectivity index (χ2v) is 7.38. The van der Waals surface area contributed by atoms with Crippen molar-refractivity contribution in [1.82, 2.24) is 4.90 Å². The molecule has 2 nitrogen and oxygen atoms in total. The van der Waals surface area contributed by atoms with Crippen molar-refractivity contribution < 1.29 is 0 Å². The Hall–Kier alpha value is -2.32. The van der Waals surface area contributed by atoms with Crippen molar-refractivity contribution in [3.63, 3.8) is 0 Å². The zero-order valence-electron chi connectivity index (χ0n) is 17.9. The summed E-state index contributed by atoms with van der Waals surface area (Å²) in [5.74, 6) is 0. The van der Waals surface area contributed by atoms with Gasteiger partial charge < -0.3 is 4.90 Å². The van der Waals surface area contributed by atoms with E-state index in [9.17, 15) is 0 Å². The summed E-state index contributed by atoms with van der Waals surface area (Å²) in [6.07, 6.45) is 8.16. The number of rotatable bonds is 8. The molecule has 2 heteroatoms. The molecule has 0 aromatic heterocycles. The lowest BCUT2D eigenvalue weighted by molar-refractivity contribution is 0.146. The Labute approximate surface area is 171 Å². The molecule has 2 aromatic carbocycles. The predicted octanol–water partition coefficient (Wildman–Crippen LogP) is 6.11. The van der Waals surface area contributed by atoms with Crippen LogP contribution in [-0.4, -0.2) is 31.1 Å². The first kappa shape index (κ1) is 20.4. The molecule has 2 aromatic rings. The van der Waals surface area contributed by atoms with Crippen LogP contribution in [0, 0.1) is 0 Å². The molecular formula is C26H34N2. The molecule has 0 amide bonds. The van der Waals surface area contributed by atoms with Gasteiger partial charge in [0.05, 0.1) is 5.54 Å². The maximum Gasteiger partial charge on any atom is 0.0683 e. The first-order valence-electron chi connectivity index (χ1n) is 10.7. The Morgan fingerprint density at radius 3 is 1.93 bits per heavy atom. The lowest BCUT2D eigenvalue weighted by Gasteiger charge is -2.43. The number of hydrogen-bond acceptors (Lipinski definition) is 2. The summed E-state index contributed by atoms with van der Waals surface area (Å²) in [4.78, 5) is 4.95. The number of hydrogen-bond donors (Lipinski definition) is 0. The molecule has 28 heavy (non-hydrogen) atoms. The lowest BCUT2D eigenvalue weighted by atomic mass is 9.79. The molecule has 1 aliphatic carbocycles. The van der Waals surface area contributed by atoms with Crippen molar-refractivity contribution in [2.24, 2.45) is 0 Å². The van der Waals surface area contributed by atoms with Gasteiger partial charge in [0.2, 0.25) is 0 Å². The van der Waals surface area contributed by atoms with Gasteiger partial charge in [0.1, 0.15) is 0 Å². The van der Waals surface area contributed by atoms with Crippen molar-refractivity contribution in [2.45, 2.75) is 39.7 Å². The molecule has 0 bridgehead atoms. The molecular weight excluding hydrogens is 340 g/mol. The topological polar surface area (TPSA) is 6.48 Å². The third-order valence-electron chi connectivity index (χ3n) is 6.10. The van der Waals surface area contributed by atoms with E-state index in [-0.39, 0.29) is 5.54 Å². The van der Waals surface area contributed by atoms with E-state index in [2.05, 4.69) is 110 Å². The summed E-state index contributed by atoms with van der Waals surface area (Å²) in [6.45, 7) is 13.1. The van der Waals surface area contributed by atoms with Gasteiger partial charge in [0, 0.05) is 18.8 Å². The average molecular weight is 375 g/mol. The maximum atomic E-state index is 2.57. The van der Waals surface area contributed by atoms with Crippen molar-refractivity contribution in [1.29, 1.82) is 0 Å². The van der Waals surface area contributed by atoms with Crippen LogP contribution in [0.15, 0.2) is 72.8 Å². The molecule has 0 saturated carbocycles. The number of anilines is 1. The summed E-state index contributed by atoms with van der Waals surface area (Å²) in [6, 6.07) is 20.0. The van der Waals surface area contributed by atoms with Crippen LogP contribution in [0.3, 0.4) is 0 Å². The van der Waals surface area contributed by atoms with Gasteiger partial charge in [0.25, 0.3) is 0 Å². The molecule has 0 heterocycles. The van der Waals surface area contributed by atoms with E-state index in [0.29, 0.717) is 0 Å². The highest BCUT2D eigenvalue weighted by molar-refractivity contribution is 5.76. The largest absolute Gasteiger partial charge is 0.372 e. The predicted molar refractivity (Wildman–Crippen MR) is 123 cm³/mol. The molecule has 0 spiro atoms. The Kier molecular flexibility index (Phi) is 6.74. The van der Waals surface area contributed by atoms with E-state index in [1.54, 1.807) is 0 Å². The van der Waals surface area contributed by atoms with Crippen LogP contribution in [0.1, 0.15) is 45.2 Å². The fourth-order valence-electron chi connectivity index (χ4n) is 4.44. The number of benzene rings is 2. The molecule has 0 saturated heterocycles. The Balaban J connectivity index is 1.88. The minimum absolute atomic E-state index is 0.0462. The molecule has 0 N–H and O–H groups in total. The summed E-state index contributed by atoms with van der Waals surface area (Å²) in [7, 11) is 0. The highest BCUT2D eigenvalue weighted by Gasteiger charge is 2.35. The van der Waals surface area contributed by atoms with E-state index in [0.717, 1.165) is 32.6 Å². The van der Waals surface area contributed by atoms with Crippen molar-refractivity contribution in [2.75, 3.05) is 31.1 Å². The monoisotopic (exact) mass is 374 g/mol. The maximum absolute atomic E-state index is 2.57. The molecule has 0 aliphatic heterocycles. The molecule has 0 radical (unpaired) electrons. The van der Waals surface area contributed by atoms with Gasteiger partial charge in [-0.05, 0) is 62.2 Å². The zero-order valence-corrected chi connectivity index (χ0v) is 17.9. The van der Waals surface area contributed by atoms with E-state index in [4.69, 9.17) is 0 Å². The lowest BCUT2D eigenvalue weighted by Crippen LogP contribution is -2.45. The normalized spacial score (nSPS) is 19.0. The van der Waals surface area contributed by atoms with E-state index in [1.165, 1.54) is 22.4 Å². The highest BCUT2D eigenvalue weighted by atomic mass is 15.2. The van der Waals surface area contributed by atoms with Gasteiger partial charge in [-0.25, -0.2) is 0 Å². The smallest absolute Gasteiger partial charge is 0.0683 e. The molecule has 148 valence electrons. The molecule has 1 unspecified atom stereocenters. The van der Waals surface area contributed by atoms with Crippen LogP contribution in [-0.2, 0) is 5.54 Å². The van der Waals surface area contributed by atoms with Crippen LogP contribution in [0.4, 0.5) is 5.69 Å². The fourth-order valence-corrected chi connectivity index (χ4v) is 4.44. The first-order valence-corrected chi connectivity index (χ1v) is 10.7. The van der Waals surface area contributed by atoms with Gasteiger partial charge in [-0.3, -0.25) is 4.90 Å². The summed E-state index contributed by atoms with van der Waals surface area (Å²) >= 11 is 0. The first-order chi connectivity index (χ1) is 13.7. The summed E-state index contributed by atoms with van der Waals surface area (Å²) < 4.78 is 0. The minimum Gasteiger partial charge on any atom is -0.372 e. The second-order valence-electron chi connectivity index (χ2n) is 7.38. The molecule has 1 atom stereocenters. The fraction of sp³-hybridized carbons (Fsp3) is 0.385. The SMILES string of the molecule is CCN(CC)c1ccc(C2=CCC(c3ccccc3)(N(CC)CC)C=C2)cc1. The number of likely N-dealkylation sites (N-methyl/N-ethyl adjacent to an activating group) is 1.